The van der Waals surface area contributed by atoms with Gasteiger partial charge in [0, 0.05) is 24.0 Å². The lowest BCUT2D eigenvalue weighted by Crippen LogP contribution is -1.97. The van der Waals surface area contributed by atoms with E-state index in [0.717, 1.165) is 4.48 Å². The van der Waals surface area contributed by atoms with Crippen molar-refractivity contribution in [2.24, 2.45) is 15.0 Å². The second kappa shape index (κ2) is 4.52. The molecule has 0 saturated carbocycles. The van der Waals surface area contributed by atoms with Gasteiger partial charge in [0.15, 0.2) is 6.17 Å². The van der Waals surface area contributed by atoms with E-state index in [1.54, 1.807) is 25.6 Å². The molecule has 1 rings (SSSR count). The fraction of sp³-hybridized carbons (Fsp3) is 0.286. The smallest absolute Gasteiger partial charge is 0.171 e. The number of hydrogen-bond acceptors (Lipinski definition) is 3. The second-order valence-electron chi connectivity index (χ2n) is 2.05. The van der Waals surface area contributed by atoms with Gasteiger partial charge in [-0.15, -0.1) is 0 Å². The summed E-state index contributed by atoms with van der Waals surface area (Å²) in [7, 11) is 1.63. The van der Waals surface area contributed by atoms with Crippen LogP contribution in [0.4, 0.5) is 0 Å². The molecule has 0 aromatic heterocycles. The van der Waals surface area contributed by atoms with Gasteiger partial charge < -0.3 is 0 Å². The van der Waals surface area contributed by atoms with Crippen LogP contribution in [0.2, 0.25) is 0 Å². The van der Waals surface area contributed by atoms with Crippen LogP contribution in [0.25, 0.3) is 0 Å². The van der Waals surface area contributed by atoms with Gasteiger partial charge in [0.25, 0.3) is 0 Å². The Bertz CT molecular complexity index is 268. The van der Waals surface area contributed by atoms with E-state index < -0.39 is 0 Å². The normalized spacial score (nSPS) is 19.2. The third-order valence-electron chi connectivity index (χ3n) is 1.24. The predicted octanol–water partition coefficient (Wildman–Crippen LogP) is 2.01. The molecule has 64 valence electrons. The zero-order valence-electron chi connectivity index (χ0n) is 6.41. The topological polar surface area (TPSA) is 37.1 Å². The molecule has 1 aliphatic heterocycles. The van der Waals surface area contributed by atoms with Crippen molar-refractivity contribution < 1.29 is 0 Å². The number of hydrogen-bond donors (Lipinski definition) is 0. The standard InChI is InChI=1S/C7H7BrClN3/c1-10-6(9)4-5(8)7-11-2-3-12-7/h2-4,7H,1H3/b5-4+,10-6+. The summed E-state index contributed by atoms with van der Waals surface area (Å²) >= 11 is 8.99. The minimum atomic E-state index is -0.180. The first kappa shape index (κ1) is 9.61. The Labute approximate surface area is 84.1 Å². The number of aliphatic imine (C=N–C) groups is 3. The third kappa shape index (κ3) is 2.53. The molecule has 0 spiro atoms. The summed E-state index contributed by atoms with van der Waals surface area (Å²) in [5, 5.41) is 0.430. The molecule has 0 aromatic rings. The Morgan fingerprint density at radius 3 is 2.67 bits per heavy atom. The van der Waals surface area contributed by atoms with Crippen molar-refractivity contribution in [3.05, 3.63) is 10.6 Å². The van der Waals surface area contributed by atoms with Crippen molar-refractivity contribution in [3.63, 3.8) is 0 Å². The van der Waals surface area contributed by atoms with E-state index in [1.165, 1.54) is 0 Å². The van der Waals surface area contributed by atoms with Crippen LogP contribution in [0, 0.1) is 0 Å². The fourth-order valence-corrected chi connectivity index (χ4v) is 1.38. The largest absolute Gasteiger partial charge is 0.277 e. The summed E-state index contributed by atoms with van der Waals surface area (Å²) in [6.45, 7) is 0. The molecule has 0 radical (unpaired) electrons. The lowest BCUT2D eigenvalue weighted by Gasteiger charge is -2.00. The van der Waals surface area contributed by atoms with Crippen molar-refractivity contribution in [2.45, 2.75) is 6.17 Å². The van der Waals surface area contributed by atoms with Crippen LogP contribution < -0.4 is 0 Å². The maximum absolute atomic E-state index is 5.68. The molecule has 1 heterocycles. The average molecular weight is 249 g/mol. The Balaban J connectivity index is 2.69. The van der Waals surface area contributed by atoms with E-state index in [9.17, 15) is 0 Å². The Morgan fingerprint density at radius 2 is 2.17 bits per heavy atom. The zero-order chi connectivity index (χ0) is 8.97. The van der Waals surface area contributed by atoms with Crippen molar-refractivity contribution in [1.29, 1.82) is 0 Å². The highest BCUT2D eigenvalue weighted by molar-refractivity contribution is 9.11. The van der Waals surface area contributed by atoms with Crippen molar-refractivity contribution >= 4 is 45.1 Å². The van der Waals surface area contributed by atoms with Crippen molar-refractivity contribution in [3.8, 4) is 0 Å². The molecule has 0 N–H and O–H groups in total. The number of nitrogens with zero attached hydrogens (tertiary/aromatic N) is 3. The van der Waals surface area contributed by atoms with Gasteiger partial charge >= 0.3 is 0 Å². The monoisotopic (exact) mass is 247 g/mol. The van der Waals surface area contributed by atoms with Crippen LogP contribution in [0.15, 0.2) is 25.5 Å². The highest BCUT2D eigenvalue weighted by Gasteiger charge is 2.09. The second-order valence-corrected chi connectivity index (χ2v) is 3.35. The Kier molecular flexibility index (Phi) is 3.62. The molecule has 3 nitrogen and oxygen atoms in total. The van der Waals surface area contributed by atoms with E-state index in [-0.39, 0.29) is 6.17 Å². The van der Waals surface area contributed by atoms with Gasteiger partial charge in [-0.1, -0.05) is 27.5 Å². The zero-order valence-corrected chi connectivity index (χ0v) is 8.75. The van der Waals surface area contributed by atoms with Gasteiger partial charge in [-0.05, 0) is 6.08 Å². The highest BCUT2D eigenvalue weighted by atomic mass is 79.9. The number of allylic oxidation sites excluding steroid dienone is 1. The molecule has 0 saturated heterocycles. The van der Waals surface area contributed by atoms with E-state index in [4.69, 9.17) is 11.6 Å². The lowest BCUT2D eigenvalue weighted by molar-refractivity contribution is 0.898. The fourth-order valence-electron chi connectivity index (χ4n) is 0.674. The van der Waals surface area contributed by atoms with Crippen LogP contribution in [0.3, 0.4) is 0 Å². The van der Waals surface area contributed by atoms with E-state index >= 15 is 0 Å². The summed E-state index contributed by atoms with van der Waals surface area (Å²) in [6, 6.07) is 0. The molecule has 1 aliphatic rings. The van der Waals surface area contributed by atoms with E-state index in [2.05, 4.69) is 30.9 Å². The molecular weight excluding hydrogens is 241 g/mol. The molecule has 0 amide bonds. The maximum atomic E-state index is 5.68. The first-order valence-corrected chi connectivity index (χ1v) is 4.45. The minimum absolute atomic E-state index is 0.180. The van der Waals surface area contributed by atoms with Crippen LogP contribution in [-0.2, 0) is 0 Å². The molecule has 0 aromatic carbocycles. The summed E-state index contributed by atoms with van der Waals surface area (Å²) < 4.78 is 0.808. The first-order chi connectivity index (χ1) is 5.74. The SMILES string of the molecule is C/N=C(Cl)\C=C(\Br)C1N=CC=N1. The van der Waals surface area contributed by atoms with Crippen molar-refractivity contribution in [2.75, 3.05) is 7.05 Å². The summed E-state index contributed by atoms with van der Waals surface area (Å²) in [5.74, 6) is 0. The maximum Gasteiger partial charge on any atom is 0.171 e. The number of halogens is 2. The third-order valence-corrected chi connectivity index (χ3v) is 2.16. The van der Waals surface area contributed by atoms with Gasteiger partial charge in [0.1, 0.15) is 5.17 Å². The summed E-state index contributed by atoms with van der Waals surface area (Å²) in [5.41, 5.74) is 0. The van der Waals surface area contributed by atoms with Crippen LogP contribution in [-0.4, -0.2) is 30.8 Å². The first-order valence-electron chi connectivity index (χ1n) is 3.28. The lowest BCUT2D eigenvalue weighted by atomic mass is 10.4. The molecule has 0 atom stereocenters. The van der Waals surface area contributed by atoms with Gasteiger partial charge in [-0.2, -0.15) is 0 Å². The minimum Gasteiger partial charge on any atom is -0.277 e. The molecule has 0 bridgehead atoms. The van der Waals surface area contributed by atoms with Crippen LogP contribution in [0.1, 0.15) is 0 Å². The number of rotatable bonds is 2. The summed E-state index contributed by atoms with van der Waals surface area (Å²) in [6.07, 6.45) is 4.81. The average Bonchev–Trinajstić information content (AvgIpc) is 2.56. The van der Waals surface area contributed by atoms with Crippen LogP contribution >= 0.6 is 27.5 Å². The molecule has 12 heavy (non-hydrogen) atoms. The Morgan fingerprint density at radius 1 is 1.58 bits per heavy atom. The highest BCUT2D eigenvalue weighted by Crippen LogP contribution is 2.17. The molecular formula is C7H7BrClN3. The summed E-state index contributed by atoms with van der Waals surface area (Å²) in [4.78, 5) is 11.9. The molecule has 0 unspecified atom stereocenters. The van der Waals surface area contributed by atoms with E-state index in [1.807, 2.05) is 0 Å². The molecule has 0 fully saturated rings. The van der Waals surface area contributed by atoms with Gasteiger partial charge in [-0.25, -0.2) is 0 Å². The van der Waals surface area contributed by atoms with Gasteiger partial charge in [-0.3, -0.25) is 15.0 Å². The predicted molar refractivity (Wildman–Crippen MR) is 57.0 cm³/mol. The molecule has 5 heteroatoms. The van der Waals surface area contributed by atoms with E-state index in [0.29, 0.717) is 5.17 Å². The van der Waals surface area contributed by atoms with Crippen molar-refractivity contribution in [1.82, 2.24) is 0 Å². The Hall–Kier alpha value is -0.480. The van der Waals surface area contributed by atoms with Gasteiger partial charge in [0.2, 0.25) is 0 Å². The van der Waals surface area contributed by atoms with Crippen LogP contribution in [0.5, 0.6) is 0 Å². The molecule has 0 aliphatic carbocycles. The van der Waals surface area contributed by atoms with Gasteiger partial charge in [0.05, 0.1) is 0 Å². The quantitative estimate of drug-likeness (QED) is 0.671.